The zero-order chi connectivity index (χ0) is 12.4. The van der Waals surface area contributed by atoms with Gasteiger partial charge in [-0.05, 0) is 32.1 Å². The van der Waals surface area contributed by atoms with E-state index in [2.05, 4.69) is 30.6 Å². The highest BCUT2D eigenvalue weighted by Crippen LogP contribution is 2.24. The molecular formula is C11H19N7. The Morgan fingerprint density at radius 2 is 1.72 bits per heavy atom. The minimum atomic E-state index is 0.425. The Balaban J connectivity index is 1.81. The molecule has 2 heterocycles. The molecule has 2 fully saturated rings. The van der Waals surface area contributed by atoms with Crippen LogP contribution in [0.25, 0.3) is 0 Å². The maximum absolute atomic E-state index is 5.41. The fourth-order valence-corrected chi connectivity index (χ4v) is 2.14. The molecule has 1 aromatic heterocycles. The molecule has 3 rings (SSSR count). The largest absolute Gasteiger partial charge is 0.351 e. The Hall–Kier alpha value is -1.63. The maximum Gasteiger partial charge on any atom is 0.243 e. The minimum absolute atomic E-state index is 0.425. The molecule has 0 aromatic carbocycles. The normalized spacial score (nSPS) is 19.7. The van der Waals surface area contributed by atoms with Crippen LogP contribution in [-0.4, -0.2) is 34.1 Å². The van der Waals surface area contributed by atoms with E-state index < -0.39 is 0 Å². The van der Waals surface area contributed by atoms with Crippen LogP contribution in [0.1, 0.15) is 32.1 Å². The number of piperidine rings is 1. The lowest BCUT2D eigenvalue weighted by Crippen LogP contribution is -2.31. The molecule has 1 aliphatic carbocycles. The summed E-state index contributed by atoms with van der Waals surface area (Å²) in [6.45, 7) is 2.02. The van der Waals surface area contributed by atoms with Gasteiger partial charge in [-0.3, -0.25) is 5.43 Å². The van der Waals surface area contributed by atoms with Crippen molar-refractivity contribution in [1.82, 2.24) is 15.0 Å². The van der Waals surface area contributed by atoms with Gasteiger partial charge in [0.1, 0.15) is 0 Å². The van der Waals surface area contributed by atoms with Gasteiger partial charge < -0.3 is 10.2 Å². The van der Waals surface area contributed by atoms with Crippen molar-refractivity contribution in [2.75, 3.05) is 28.7 Å². The maximum atomic E-state index is 5.41. The predicted molar refractivity (Wildman–Crippen MR) is 70.3 cm³/mol. The van der Waals surface area contributed by atoms with Crippen molar-refractivity contribution >= 4 is 17.8 Å². The van der Waals surface area contributed by atoms with Crippen LogP contribution in [0.4, 0.5) is 17.8 Å². The van der Waals surface area contributed by atoms with Gasteiger partial charge in [-0.2, -0.15) is 15.0 Å². The SMILES string of the molecule is NNc1nc(NC2CC2)nc(N2CCCCC2)n1. The lowest BCUT2D eigenvalue weighted by Gasteiger charge is -2.26. The first-order valence-electron chi connectivity index (χ1n) is 6.59. The third kappa shape index (κ3) is 2.61. The number of nitrogens with zero attached hydrogens (tertiary/aromatic N) is 4. The second-order valence-electron chi connectivity index (χ2n) is 4.89. The van der Waals surface area contributed by atoms with Crippen LogP contribution in [-0.2, 0) is 0 Å². The van der Waals surface area contributed by atoms with Crippen molar-refractivity contribution in [1.29, 1.82) is 0 Å². The number of rotatable bonds is 4. The van der Waals surface area contributed by atoms with Gasteiger partial charge in [0.25, 0.3) is 0 Å². The predicted octanol–water partition coefficient (Wildman–Crippen LogP) is 0.722. The molecule has 2 aliphatic rings. The van der Waals surface area contributed by atoms with Crippen molar-refractivity contribution in [3.05, 3.63) is 0 Å². The van der Waals surface area contributed by atoms with Gasteiger partial charge in [0.05, 0.1) is 0 Å². The molecule has 0 radical (unpaired) electrons. The van der Waals surface area contributed by atoms with Gasteiger partial charge in [-0.1, -0.05) is 0 Å². The molecule has 0 unspecified atom stereocenters. The van der Waals surface area contributed by atoms with E-state index in [0.29, 0.717) is 17.9 Å². The number of hydrogen-bond acceptors (Lipinski definition) is 7. The van der Waals surface area contributed by atoms with Gasteiger partial charge >= 0.3 is 0 Å². The van der Waals surface area contributed by atoms with Crippen molar-refractivity contribution in [3.63, 3.8) is 0 Å². The van der Waals surface area contributed by atoms with Crippen LogP contribution in [0.3, 0.4) is 0 Å². The number of nitrogens with one attached hydrogen (secondary N) is 2. The summed E-state index contributed by atoms with van der Waals surface area (Å²) in [6.07, 6.45) is 6.06. The third-order valence-electron chi connectivity index (χ3n) is 3.30. The highest BCUT2D eigenvalue weighted by Gasteiger charge is 2.23. The molecule has 1 saturated carbocycles. The number of hydrazine groups is 1. The molecule has 7 nitrogen and oxygen atoms in total. The molecule has 0 atom stereocenters. The number of nitrogens with two attached hydrogens (primary N) is 1. The van der Waals surface area contributed by atoms with E-state index in [1.165, 1.54) is 32.1 Å². The summed E-state index contributed by atoms with van der Waals surface area (Å²) in [5, 5.41) is 3.29. The second-order valence-corrected chi connectivity index (χ2v) is 4.89. The average molecular weight is 249 g/mol. The molecule has 98 valence electrons. The van der Waals surface area contributed by atoms with Gasteiger partial charge in [0.15, 0.2) is 0 Å². The summed E-state index contributed by atoms with van der Waals surface area (Å²) < 4.78 is 0. The van der Waals surface area contributed by atoms with Crippen molar-refractivity contribution in [2.45, 2.75) is 38.1 Å². The Labute approximate surface area is 106 Å². The molecule has 0 amide bonds. The quantitative estimate of drug-likeness (QED) is 0.535. The summed E-state index contributed by atoms with van der Waals surface area (Å²) >= 11 is 0. The number of nitrogen functional groups attached to an aromatic ring is 1. The number of hydrogen-bond donors (Lipinski definition) is 3. The Kier molecular flexibility index (Phi) is 3.14. The highest BCUT2D eigenvalue weighted by atomic mass is 15.4. The fourth-order valence-electron chi connectivity index (χ4n) is 2.14. The molecular weight excluding hydrogens is 230 g/mol. The van der Waals surface area contributed by atoms with Crippen LogP contribution in [0.5, 0.6) is 0 Å². The third-order valence-corrected chi connectivity index (χ3v) is 3.30. The van der Waals surface area contributed by atoms with Gasteiger partial charge in [0.2, 0.25) is 17.8 Å². The van der Waals surface area contributed by atoms with Crippen LogP contribution >= 0.6 is 0 Å². The standard InChI is InChI=1S/C11H19N7/c12-17-10-14-9(13-8-4-5-8)15-11(16-10)18-6-2-1-3-7-18/h8H,1-7,12H2,(H2,13,14,15,16,17). The monoisotopic (exact) mass is 249 g/mol. The van der Waals surface area contributed by atoms with Crippen LogP contribution in [0.15, 0.2) is 0 Å². The lowest BCUT2D eigenvalue weighted by molar-refractivity contribution is 0.568. The molecule has 1 aromatic rings. The Morgan fingerprint density at radius 1 is 1.00 bits per heavy atom. The van der Waals surface area contributed by atoms with E-state index in [1.807, 2.05) is 0 Å². The van der Waals surface area contributed by atoms with Crippen LogP contribution in [0, 0.1) is 0 Å². The Bertz CT molecular complexity index is 412. The van der Waals surface area contributed by atoms with Crippen molar-refractivity contribution < 1.29 is 0 Å². The molecule has 1 saturated heterocycles. The first-order valence-corrected chi connectivity index (χ1v) is 6.59. The molecule has 0 bridgehead atoms. The first kappa shape index (κ1) is 11.5. The van der Waals surface area contributed by atoms with E-state index in [-0.39, 0.29) is 0 Å². The number of anilines is 3. The lowest BCUT2D eigenvalue weighted by atomic mass is 10.1. The average Bonchev–Trinajstić information content (AvgIpc) is 3.23. The summed E-state index contributed by atoms with van der Waals surface area (Å²) in [4.78, 5) is 15.2. The highest BCUT2D eigenvalue weighted by molar-refractivity contribution is 5.44. The zero-order valence-corrected chi connectivity index (χ0v) is 10.4. The van der Waals surface area contributed by atoms with Gasteiger partial charge in [-0.25, -0.2) is 5.84 Å². The van der Waals surface area contributed by atoms with Crippen molar-refractivity contribution in [3.8, 4) is 0 Å². The first-order chi connectivity index (χ1) is 8.85. The molecule has 0 spiro atoms. The smallest absolute Gasteiger partial charge is 0.243 e. The number of aromatic nitrogens is 3. The van der Waals surface area contributed by atoms with E-state index >= 15 is 0 Å². The molecule has 7 heteroatoms. The minimum Gasteiger partial charge on any atom is -0.351 e. The van der Waals surface area contributed by atoms with Crippen molar-refractivity contribution in [2.24, 2.45) is 5.84 Å². The van der Waals surface area contributed by atoms with Crippen LogP contribution < -0.4 is 21.5 Å². The second kappa shape index (κ2) is 4.93. The molecule has 18 heavy (non-hydrogen) atoms. The summed E-state index contributed by atoms with van der Waals surface area (Å²) in [7, 11) is 0. The van der Waals surface area contributed by atoms with E-state index in [9.17, 15) is 0 Å². The van der Waals surface area contributed by atoms with E-state index in [0.717, 1.165) is 19.0 Å². The Morgan fingerprint density at radius 3 is 2.39 bits per heavy atom. The molecule has 4 N–H and O–H groups in total. The van der Waals surface area contributed by atoms with E-state index in [4.69, 9.17) is 5.84 Å². The van der Waals surface area contributed by atoms with Crippen LogP contribution in [0.2, 0.25) is 0 Å². The topological polar surface area (TPSA) is 92.0 Å². The van der Waals surface area contributed by atoms with E-state index in [1.54, 1.807) is 0 Å². The summed E-state index contributed by atoms with van der Waals surface area (Å²) in [5.41, 5.74) is 2.51. The fraction of sp³-hybridized carbons (Fsp3) is 0.727. The van der Waals surface area contributed by atoms with Gasteiger partial charge in [-0.15, -0.1) is 0 Å². The summed E-state index contributed by atoms with van der Waals surface area (Å²) in [6, 6.07) is 0.521. The zero-order valence-electron chi connectivity index (χ0n) is 10.4. The van der Waals surface area contributed by atoms with Gasteiger partial charge in [0, 0.05) is 19.1 Å². The molecule has 1 aliphatic heterocycles. The summed E-state index contributed by atoms with van der Waals surface area (Å²) in [5.74, 6) is 7.19.